The molecule has 3 rings (SSSR count). The van der Waals surface area contributed by atoms with Crippen LogP contribution in [-0.4, -0.2) is 23.3 Å². The molecule has 1 fully saturated rings. The first kappa shape index (κ1) is 7.56. The summed E-state index contributed by atoms with van der Waals surface area (Å²) < 4.78 is 0. The van der Waals surface area contributed by atoms with Crippen LogP contribution >= 0.6 is 0 Å². The lowest BCUT2D eigenvalue weighted by Gasteiger charge is -2.27. The number of aromatic nitrogens is 2. The summed E-state index contributed by atoms with van der Waals surface area (Å²) in [6, 6.07) is 0. The van der Waals surface area contributed by atoms with E-state index >= 15 is 0 Å². The molecule has 70 valence electrons. The van der Waals surface area contributed by atoms with E-state index in [4.69, 9.17) is 0 Å². The van der Waals surface area contributed by atoms with Crippen LogP contribution in [0.25, 0.3) is 0 Å². The van der Waals surface area contributed by atoms with Crippen LogP contribution in [0.3, 0.4) is 0 Å². The Hall–Kier alpha value is -0.830. The van der Waals surface area contributed by atoms with Crippen LogP contribution in [0.4, 0.5) is 0 Å². The first-order valence-electron chi connectivity index (χ1n) is 5.22. The summed E-state index contributed by atoms with van der Waals surface area (Å²) in [5.41, 5.74) is 4.30. The molecule has 2 aliphatic rings. The largest absolute Gasteiger partial charge is 0.315 e. The topological polar surface area (TPSA) is 40.7 Å². The Morgan fingerprint density at radius 2 is 2.00 bits per heavy atom. The zero-order chi connectivity index (χ0) is 8.67. The molecule has 0 amide bonds. The molecule has 1 saturated heterocycles. The van der Waals surface area contributed by atoms with Gasteiger partial charge in [-0.2, -0.15) is 5.10 Å². The van der Waals surface area contributed by atoms with Crippen molar-refractivity contribution in [3.63, 3.8) is 0 Å². The van der Waals surface area contributed by atoms with Crippen LogP contribution in [0, 0.1) is 0 Å². The molecule has 0 saturated carbocycles. The molecule has 2 N–H and O–H groups in total. The van der Waals surface area contributed by atoms with E-state index in [-0.39, 0.29) is 0 Å². The third-order valence-electron chi connectivity index (χ3n) is 3.26. The Balaban J connectivity index is 1.95. The van der Waals surface area contributed by atoms with Gasteiger partial charge in [0.05, 0.1) is 5.69 Å². The fourth-order valence-corrected chi connectivity index (χ4v) is 2.33. The highest BCUT2D eigenvalue weighted by Crippen LogP contribution is 2.28. The minimum atomic E-state index is 0.693. The summed E-state index contributed by atoms with van der Waals surface area (Å²) in [6.45, 7) is 2.24. The number of hydrogen-bond donors (Lipinski definition) is 2. The van der Waals surface area contributed by atoms with Crippen LogP contribution in [0.5, 0.6) is 0 Å². The maximum absolute atomic E-state index is 4.45. The van der Waals surface area contributed by atoms with Gasteiger partial charge in [0, 0.05) is 24.7 Å². The number of fused-ring (bicyclic) bond motifs is 1. The molecule has 3 nitrogen and oxygen atoms in total. The van der Waals surface area contributed by atoms with Crippen molar-refractivity contribution >= 4 is 0 Å². The minimum absolute atomic E-state index is 0.693. The van der Waals surface area contributed by atoms with Gasteiger partial charge in [0.1, 0.15) is 0 Å². The van der Waals surface area contributed by atoms with Crippen molar-refractivity contribution in [3.8, 4) is 0 Å². The highest BCUT2D eigenvalue weighted by molar-refractivity contribution is 5.31. The normalized spacial score (nSPS) is 22.5. The molecule has 0 radical (unpaired) electrons. The van der Waals surface area contributed by atoms with E-state index < -0.39 is 0 Å². The van der Waals surface area contributed by atoms with Crippen molar-refractivity contribution in [2.24, 2.45) is 0 Å². The van der Waals surface area contributed by atoms with Crippen molar-refractivity contribution in [1.29, 1.82) is 0 Å². The summed E-state index contributed by atoms with van der Waals surface area (Å²) >= 11 is 0. The average Bonchev–Trinajstić information content (AvgIpc) is 2.47. The van der Waals surface area contributed by atoms with Gasteiger partial charge in [0.2, 0.25) is 0 Å². The lowest BCUT2D eigenvalue weighted by Crippen LogP contribution is -2.40. The van der Waals surface area contributed by atoms with Gasteiger partial charge < -0.3 is 5.32 Å². The van der Waals surface area contributed by atoms with Gasteiger partial charge in [-0.15, -0.1) is 0 Å². The minimum Gasteiger partial charge on any atom is -0.315 e. The van der Waals surface area contributed by atoms with Crippen LogP contribution in [0.15, 0.2) is 0 Å². The molecule has 0 spiro atoms. The van der Waals surface area contributed by atoms with E-state index in [1.807, 2.05) is 0 Å². The molecule has 13 heavy (non-hydrogen) atoms. The summed E-state index contributed by atoms with van der Waals surface area (Å²) in [4.78, 5) is 0. The number of hydrogen-bond acceptors (Lipinski definition) is 2. The molecule has 0 atom stereocenters. The second-order valence-corrected chi connectivity index (χ2v) is 4.13. The third-order valence-corrected chi connectivity index (χ3v) is 3.26. The fraction of sp³-hybridized carbons (Fsp3) is 0.700. The number of nitrogens with zero attached hydrogens (tertiary/aromatic N) is 1. The maximum atomic E-state index is 4.45. The highest BCUT2D eigenvalue weighted by Gasteiger charge is 2.26. The summed E-state index contributed by atoms with van der Waals surface area (Å²) in [6.07, 6.45) is 5.14. The second kappa shape index (κ2) is 2.84. The summed E-state index contributed by atoms with van der Waals surface area (Å²) in [5.74, 6) is 0.693. The molecular weight excluding hydrogens is 162 g/mol. The fourth-order valence-electron chi connectivity index (χ4n) is 2.33. The molecule has 1 aromatic heterocycles. The van der Waals surface area contributed by atoms with Crippen LogP contribution in [0.1, 0.15) is 35.7 Å². The lowest BCUT2D eigenvalue weighted by molar-refractivity contribution is 0.436. The van der Waals surface area contributed by atoms with Gasteiger partial charge in [0.15, 0.2) is 0 Å². The van der Waals surface area contributed by atoms with Gasteiger partial charge in [-0.25, -0.2) is 0 Å². The quantitative estimate of drug-likeness (QED) is 0.671. The van der Waals surface area contributed by atoms with E-state index in [0.717, 1.165) is 13.1 Å². The molecule has 1 aromatic rings. The first-order chi connectivity index (χ1) is 6.45. The van der Waals surface area contributed by atoms with Crippen molar-refractivity contribution < 1.29 is 0 Å². The first-order valence-corrected chi connectivity index (χ1v) is 5.22. The highest BCUT2D eigenvalue weighted by atomic mass is 15.1. The van der Waals surface area contributed by atoms with Gasteiger partial charge in [-0.1, -0.05) is 0 Å². The number of aromatic amines is 1. The van der Waals surface area contributed by atoms with E-state index in [2.05, 4.69) is 15.5 Å². The smallest absolute Gasteiger partial charge is 0.0713 e. The van der Waals surface area contributed by atoms with E-state index in [1.54, 1.807) is 0 Å². The second-order valence-electron chi connectivity index (χ2n) is 4.13. The third kappa shape index (κ3) is 1.10. The molecule has 1 aliphatic heterocycles. The van der Waals surface area contributed by atoms with Gasteiger partial charge in [0.25, 0.3) is 0 Å². The molecule has 1 aliphatic carbocycles. The molecule has 0 unspecified atom stereocenters. The van der Waals surface area contributed by atoms with Gasteiger partial charge in [-0.3, -0.25) is 5.10 Å². The molecule has 3 heteroatoms. The molecule has 0 bridgehead atoms. The molecule has 0 aromatic carbocycles. The van der Waals surface area contributed by atoms with Crippen molar-refractivity contribution in [2.45, 2.75) is 31.6 Å². The van der Waals surface area contributed by atoms with E-state index in [0.29, 0.717) is 5.92 Å². The van der Waals surface area contributed by atoms with E-state index in [9.17, 15) is 0 Å². The molecular formula is C10H15N3. The van der Waals surface area contributed by atoms with E-state index in [1.165, 1.54) is 42.6 Å². The Bertz CT molecular complexity index is 312. The van der Waals surface area contributed by atoms with Gasteiger partial charge >= 0.3 is 0 Å². The maximum Gasteiger partial charge on any atom is 0.0713 e. The molecule has 2 heterocycles. The Morgan fingerprint density at radius 1 is 1.15 bits per heavy atom. The Kier molecular flexibility index (Phi) is 1.65. The summed E-state index contributed by atoms with van der Waals surface area (Å²) in [5, 5.41) is 11.0. The predicted octanol–water partition coefficient (Wildman–Crippen LogP) is 0.975. The predicted molar refractivity (Wildman–Crippen MR) is 50.8 cm³/mol. The SMILES string of the molecule is C1CCc2c(C3CNC3)n[nH]c2C1. The lowest BCUT2D eigenvalue weighted by atomic mass is 9.89. The Labute approximate surface area is 77.9 Å². The Morgan fingerprint density at radius 3 is 2.77 bits per heavy atom. The van der Waals surface area contributed by atoms with Crippen molar-refractivity contribution in [1.82, 2.24) is 15.5 Å². The van der Waals surface area contributed by atoms with Crippen LogP contribution < -0.4 is 5.32 Å². The number of H-pyrrole nitrogens is 1. The summed E-state index contributed by atoms with van der Waals surface area (Å²) in [7, 11) is 0. The zero-order valence-electron chi connectivity index (χ0n) is 7.77. The monoisotopic (exact) mass is 177 g/mol. The average molecular weight is 177 g/mol. The van der Waals surface area contributed by atoms with Gasteiger partial charge in [-0.05, 0) is 31.2 Å². The van der Waals surface area contributed by atoms with Crippen molar-refractivity contribution in [2.75, 3.05) is 13.1 Å². The standard InChI is InChI=1S/C10H15N3/c1-2-4-9-8(3-1)10(13-12-9)7-5-11-6-7/h7,11H,1-6H2,(H,12,13). The zero-order valence-corrected chi connectivity index (χ0v) is 7.77. The number of aryl methyl sites for hydroxylation is 1. The number of nitrogens with one attached hydrogen (secondary N) is 2. The van der Waals surface area contributed by atoms with Crippen LogP contribution in [0.2, 0.25) is 0 Å². The van der Waals surface area contributed by atoms with Crippen LogP contribution in [-0.2, 0) is 12.8 Å². The number of rotatable bonds is 1. The van der Waals surface area contributed by atoms with Crippen molar-refractivity contribution in [3.05, 3.63) is 17.0 Å².